The fourth-order valence-electron chi connectivity index (χ4n) is 2.16. The Morgan fingerprint density at radius 2 is 1.82 bits per heavy atom. The number of esters is 1. The van der Waals surface area contributed by atoms with Crippen molar-refractivity contribution in [2.45, 2.75) is 19.9 Å². The normalized spacial score (nSPS) is 12.0. The average Bonchev–Trinajstić information content (AvgIpc) is 3.06. The number of aromatic nitrogens is 1. The van der Waals surface area contributed by atoms with Gasteiger partial charge in [0.15, 0.2) is 0 Å². The lowest BCUT2D eigenvalue weighted by atomic mass is 10.0. The highest BCUT2D eigenvalue weighted by Crippen LogP contribution is 2.12. The van der Waals surface area contributed by atoms with Gasteiger partial charge in [0.2, 0.25) is 0 Å². The van der Waals surface area contributed by atoms with Gasteiger partial charge in [0.05, 0.1) is 7.11 Å². The van der Waals surface area contributed by atoms with Crippen molar-refractivity contribution in [2.24, 2.45) is 5.92 Å². The van der Waals surface area contributed by atoms with Crippen LogP contribution in [0.2, 0.25) is 0 Å². The predicted octanol–water partition coefficient (Wildman–Crippen LogP) is 2.40. The van der Waals surface area contributed by atoms with Gasteiger partial charge in [-0.2, -0.15) is 0 Å². The van der Waals surface area contributed by atoms with Crippen molar-refractivity contribution in [1.82, 2.24) is 9.88 Å². The van der Waals surface area contributed by atoms with Gasteiger partial charge in [-0.3, -0.25) is 4.79 Å². The first-order valence-electron chi connectivity index (χ1n) is 7.15. The van der Waals surface area contributed by atoms with E-state index in [0.29, 0.717) is 5.56 Å². The van der Waals surface area contributed by atoms with Gasteiger partial charge in [0, 0.05) is 23.6 Å². The molecule has 1 unspecified atom stereocenters. The van der Waals surface area contributed by atoms with Crippen LogP contribution in [0, 0.1) is 5.92 Å². The Labute approximate surface area is 129 Å². The Morgan fingerprint density at radius 1 is 1.14 bits per heavy atom. The molecule has 2 rings (SSSR count). The first-order valence-corrected chi connectivity index (χ1v) is 7.15. The second-order valence-corrected chi connectivity index (χ2v) is 5.36. The van der Waals surface area contributed by atoms with Crippen LogP contribution in [0.5, 0.6) is 0 Å². The SMILES string of the molecule is COC(=O)C(NC(=O)c1cccc(-n2cccc2)c1)C(C)C. The van der Waals surface area contributed by atoms with Gasteiger partial charge in [-0.15, -0.1) is 0 Å². The van der Waals surface area contributed by atoms with E-state index in [1.54, 1.807) is 12.1 Å². The molecule has 0 saturated heterocycles. The standard InChI is InChI=1S/C17H20N2O3/c1-12(2)15(17(21)22-3)18-16(20)13-7-6-8-14(11-13)19-9-4-5-10-19/h4-12,15H,1-3H3,(H,18,20). The highest BCUT2D eigenvalue weighted by molar-refractivity contribution is 5.97. The van der Waals surface area contributed by atoms with Gasteiger partial charge in [-0.1, -0.05) is 19.9 Å². The smallest absolute Gasteiger partial charge is 0.328 e. The van der Waals surface area contributed by atoms with E-state index in [4.69, 9.17) is 4.74 Å². The molecule has 5 nitrogen and oxygen atoms in total. The van der Waals surface area contributed by atoms with Crippen molar-refractivity contribution >= 4 is 11.9 Å². The molecular formula is C17H20N2O3. The summed E-state index contributed by atoms with van der Waals surface area (Å²) in [6.45, 7) is 3.72. The number of carbonyl (C=O) groups excluding carboxylic acids is 2. The van der Waals surface area contributed by atoms with E-state index < -0.39 is 12.0 Å². The zero-order valence-corrected chi connectivity index (χ0v) is 12.9. The third kappa shape index (κ3) is 3.55. The van der Waals surface area contributed by atoms with Gasteiger partial charge in [0.1, 0.15) is 6.04 Å². The van der Waals surface area contributed by atoms with E-state index in [-0.39, 0.29) is 11.8 Å². The van der Waals surface area contributed by atoms with Gasteiger partial charge in [0.25, 0.3) is 5.91 Å². The Balaban J connectivity index is 2.19. The Hall–Kier alpha value is -2.56. The van der Waals surface area contributed by atoms with Crippen molar-refractivity contribution < 1.29 is 14.3 Å². The summed E-state index contributed by atoms with van der Waals surface area (Å²) in [5.74, 6) is -0.785. The van der Waals surface area contributed by atoms with E-state index in [0.717, 1.165) is 5.69 Å². The zero-order valence-electron chi connectivity index (χ0n) is 12.9. The van der Waals surface area contributed by atoms with Crippen molar-refractivity contribution in [2.75, 3.05) is 7.11 Å². The minimum absolute atomic E-state index is 0.0518. The fourth-order valence-corrected chi connectivity index (χ4v) is 2.16. The van der Waals surface area contributed by atoms with Crippen molar-refractivity contribution in [1.29, 1.82) is 0 Å². The van der Waals surface area contributed by atoms with Gasteiger partial charge >= 0.3 is 5.97 Å². The molecule has 1 atom stereocenters. The van der Waals surface area contributed by atoms with Crippen molar-refractivity contribution in [3.63, 3.8) is 0 Å². The monoisotopic (exact) mass is 300 g/mol. The molecule has 1 N–H and O–H groups in total. The molecule has 22 heavy (non-hydrogen) atoms. The topological polar surface area (TPSA) is 60.3 Å². The summed E-state index contributed by atoms with van der Waals surface area (Å²) in [6.07, 6.45) is 3.81. The highest BCUT2D eigenvalue weighted by Gasteiger charge is 2.25. The van der Waals surface area contributed by atoms with Crippen LogP contribution in [0.4, 0.5) is 0 Å². The molecule has 0 bridgehead atoms. The number of rotatable bonds is 5. The maximum atomic E-state index is 12.4. The number of hydrogen-bond acceptors (Lipinski definition) is 3. The molecule has 0 spiro atoms. The van der Waals surface area contributed by atoms with E-state index in [2.05, 4.69) is 5.32 Å². The summed E-state index contributed by atoms with van der Waals surface area (Å²) in [5.41, 5.74) is 1.39. The molecule has 0 saturated carbocycles. The third-order valence-corrected chi connectivity index (χ3v) is 3.42. The number of amides is 1. The minimum Gasteiger partial charge on any atom is -0.467 e. The van der Waals surface area contributed by atoms with E-state index in [1.165, 1.54) is 7.11 Å². The summed E-state index contributed by atoms with van der Waals surface area (Å²) < 4.78 is 6.65. The quantitative estimate of drug-likeness (QED) is 0.863. The van der Waals surface area contributed by atoms with E-state index >= 15 is 0 Å². The zero-order chi connectivity index (χ0) is 16.1. The Morgan fingerprint density at radius 3 is 2.41 bits per heavy atom. The fraction of sp³-hybridized carbons (Fsp3) is 0.294. The van der Waals surface area contributed by atoms with Crippen LogP contribution in [0.1, 0.15) is 24.2 Å². The molecule has 0 fully saturated rings. The molecule has 1 aromatic heterocycles. The second kappa shape index (κ2) is 6.93. The van der Waals surface area contributed by atoms with Gasteiger partial charge in [-0.25, -0.2) is 4.79 Å². The maximum absolute atomic E-state index is 12.4. The molecule has 0 radical (unpaired) electrons. The Bertz CT molecular complexity index is 648. The number of hydrogen-bond donors (Lipinski definition) is 1. The number of methoxy groups -OCH3 is 1. The lowest BCUT2D eigenvalue weighted by Gasteiger charge is -2.20. The summed E-state index contributed by atoms with van der Waals surface area (Å²) in [5, 5.41) is 2.73. The van der Waals surface area contributed by atoms with Crippen LogP contribution in [0.15, 0.2) is 48.8 Å². The van der Waals surface area contributed by atoms with Crippen LogP contribution < -0.4 is 5.32 Å². The van der Waals surface area contributed by atoms with Gasteiger partial charge < -0.3 is 14.6 Å². The Kier molecular flexibility index (Phi) is 4.99. The molecule has 1 heterocycles. The molecular weight excluding hydrogens is 280 g/mol. The molecule has 0 aliphatic heterocycles. The van der Waals surface area contributed by atoms with Gasteiger partial charge in [-0.05, 0) is 36.2 Å². The van der Waals surface area contributed by atoms with Crippen LogP contribution >= 0.6 is 0 Å². The third-order valence-electron chi connectivity index (χ3n) is 3.42. The molecule has 1 aromatic carbocycles. The van der Waals surface area contributed by atoms with Crippen LogP contribution in [-0.4, -0.2) is 29.6 Å². The first-order chi connectivity index (χ1) is 10.5. The summed E-state index contributed by atoms with van der Waals surface area (Å²) in [6, 6.07) is 10.4. The number of nitrogens with zero attached hydrogens (tertiary/aromatic N) is 1. The minimum atomic E-state index is -0.660. The summed E-state index contributed by atoms with van der Waals surface area (Å²) in [4.78, 5) is 24.1. The number of benzene rings is 1. The lowest BCUT2D eigenvalue weighted by Crippen LogP contribution is -2.45. The van der Waals surface area contributed by atoms with Crippen molar-refractivity contribution in [3.8, 4) is 5.69 Å². The molecule has 0 aliphatic rings. The predicted molar refractivity (Wildman–Crippen MR) is 83.9 cm³/mol. The molecule has 2 aromatic rings. The molecule has 0 aliphatic carbocycles. The first kappa shape index (κ1) is 15.8. The summed E-state index contributed by atoms with van der Waals surface area (Å²) in [7, 11) is 1.32. The number of nitrogens with one attached hydrogen (secondary N) is 1. The lowest BCUT2D eigenvalue weighted by molar-refractivity contribution is -0.144. The summed E-state index contributed by atoms with van der Waals surface area (Å²) >= 11 is 0. The van der Waals surface area contributed by atoms with E-state index in [9.17, 15) is 9.59 Å². The molecule has 116 valence electrons. The van der Waals surface area contributed by atoms with Crippen LogP contribution in [-0.2, 0) is 9.53 Å². The number of ether oxygens (including phenoxy) is 1. The largest absolute Gasteiger partial charge is 0.467 e. The maximum Gasteiger partial charge on any atom is 0.328 e. The van der Waals surface area contributed by atoms with Crippen LogP contribution in [0.3, 0.4) is 0 Å². The average molecular weight is 300 g/mol. The molecule has 1 amide bonds. The van der Waals surface area contributed by atoms with E-state index in [1.807, 2.05) is 55.1 Å². The highest BCUT2D eigenvalue weighted by atomic mass is 16.5. The van der Waals surface area contributed by atoms with Crippen LogP contribution in [0.25, 0.3) is 5.69 Å². The number of carbonyl (C=O) groups is 2. The van der Waals surface area contributed by atoms with Crippen molar-refractivity contribution in [3.05, 3.63) is 54.4 Å². The molecule has 5 heteroatoms. The second-order valence-electron chi connectivity index (χ2n) is 5.36.